The number of carbonyl (C=O) groups excluding carboxylic acids is 1. The first kappa shape index (κ1) is 24.8. The zero-order valence-corrected chi connectivity index (χ0v) is 18.5. The molecule has 0 saturated carbocycles. The number of benzene rings is 1. The predicted molar refractivity (Wildman–Crippen MR) is 112 cm³/mol. The molecule has 0 aliphatic carbocycles. The number of hydrogen-bond donors (Lipinski definition) is 1. The second kappa shape index (κ2) is 11.1. The molecule has 1 aliphatic rings. The van der Waals surface area contributed by atoms with Gasteiger partial charge in [-0.15, -0.1) is 12.4 Å². The van der Waals surface area contributed by atoms with Gasteiger partial charge in [0.15, 0.2) is 0 Å². The normalized spacial score (nSPS) is 15.7. The lowest BCUT2D eigenvalue weighted by molar-refractivity contribution is 0.00844. The molecule has 1 amide bonds. The van der Waals surface area contributed by atoms with Crippen molar-refractivity contribution in [3.8, 4) is 0 Å². The van der Waals surface area contributed by atoms with E-state index in [2.05, 4.69) is 0 Å². The van der Waals surface area contributed by atoms with Crippen molar-refractivity contribution in [1.82, 2.24) is 9.21 Å². The number of sulfonamides is 1. The third kappa shape index (κ3) is 6.15. The number of hydrogen-bond acceptors (Lipinski definition) is 5. The Morgan fingerprint density at radius 1 is 1.25 bits per heavy atom. The van der Waals surface area contributed by atoms with Crippen LogP contribution in [0.15, 0.2) is 29.2 Å². The Labute approximate surface area is 174 Å². The molecule has 0 atom stereocenters. The first-order chi connectivity index (χ1) is 12.8. The fourth-order valence-electron chi connectivity index (χ4n) is 2.95. The van der Waals surface area contributed by atoms with Crippen molar-refractivity contribution in [3.05, 3.63) is 29.8 Å². The number of ether oxygens (including phenoxy) is 1. The number of rotatable bonds is 8. The van der Waals surface area contributed by atoms with E-state index in [1.165, 1.54) is 16.4 Å². The molecule has 2 N–H and O–H groups in total. The first-order valence-corrected chi connectivity index (χ1v) is 10.9. The summed E-state index contributed by atoms with van der Waals surface area (Å²) in [5.41, 5.74) is 5.97. The van der Waals surface area contributed by atoms with Crippen molar-refractivity contribution in [2.24, 2.45) is 5.73 Å². The first-order valence-electron chi connectivity index (χ1n) is 9.46. The summed E-state index contributed by atoms with van der Waals surface area (Å²) in [5.74, 6) is -0.0726. The summed E-state index contributed by atoms with van der Waals surface area (Å²) in [4.78, 5) is 14.7. The minimum absolute atomic E-state index is 0. The van der Waals surface area contributed by atoms with E-state index in [9.17, 15) is 13.2 Å². The monoisotopic (exact) mass is 433 g/mol. The maximum atomic E-state index is 12.7. The number of nitrogens with zero attached hydrogens (tertiary/aromatic N) is 2. The second-order valence-electron chi connectivity index (χ2n) is 7.14. The molecule has 0 aromatic heterocycles. The van der Waals surface area contributed by atoms with Crippen LogP contribution in [0, 0.1) is 0 Å². The molecule has 28 heavy (non-hydrogen) atoms. The van der Waals surface area contributed by atoms with E-state index < -0.39 is 10.0 Å². The molecule has 1 saturated heterocycles. The van der Waals surface area contributed by atoms with Crippen LogP contribution < -0.4 is 5.73 Å². The molecule has 2 rings (SSSR count). The smallest absolute Gasteiger partial charge is 0.253 e. The molecule has 1 aromatic rings. The third-order valence-corrected chi connectivity index (χ3v) is 6.98. The van der Waals surface area contributed by atoms with Crippen molar-refractivity contribution in [2.75, 3.05) is 33.3 Å². The average molecular weight is 434 g/mol. The maximum Gasteiger partial charge on any atom is 0.253 e. The molecule has 1 heterocycles. The maximum absolute atomic E-state index is 12.7. The fraction of sp³-hybridized carbons (Fsp3) is 0.632. The highest BCUT2D eigenvalue weighted by molar-refractivity contribution is 7.89. The standard InChI is InChI=1S/C19H31N3O4S.ClH/c1-15(2)21(3)27(24,25)18-7-5-16(6-8-18)19(23)22-12-9-17(10-13-22)26-14-4-11-20;/h5-8,15,17H,4,9-14,20H2,1-3H3;1H. The highest BCUT2D eigenvalue weighted by atomic mass is 35.5. The largest absolute Gasteiger partial charge is 0.378 e. The van der Waals surface area contributed by atoms with Gasteiger partial charge in [-0.3, -0.25) is 4.79 Å². The van der Waals surface area contributed by atoms with Crippen LogP contribution in [0.25, 0.3) is 0 Å². The Hall–Kier alpha value is -1.19. The molecule has 7 nitrogen and oxygen atoms in total. The van der Waals surface area contributed by atoms with Crippen LogP contribution in [0.5, 0.6) is 0 Å². The van der Waals surface area contributed by atoms with Crippen molar-refractivity contribution >= 4 is 28.3 Å². The molecule has 160 valence electrons. The zero-order valence-electron chi connectivity index (χ0n) is 16.8. The summed E-state index contributed by atoms with van der Waals surface area (Å²) in [6, 6.07) is 6.05. The summed E-state index contributed by atoms with van der Waals surface area (Å²) >= 11 is 0. The van der Waals surface area contributed by atoms with E-state index in [1.807, 2.05) is 13.8 Å². The quantitative estimate of drug-likeness (QED) is 0.634. The molecular formula is C19H32ClN3O4S. The highest BCUT2D eigenvalue weighted by Crippen LogP contribution is 2.20. The molecule has 0 bridgehead atoms. The van der Waals surface area contributed by atoms with E-state index in [1.54, 1.807) is 24.1 Å². The van der Waals surface area contributed by atoms with Crippen molar-refractivity contribution in [3.63, 3.8) is 0 Å². The van der Waals surface area contributed by atoms with Gasteiger partial charge in [0.2, 0.25) is 10.0 Å². The summed E-state index contributed by atoms with van der Waals surface area (Å²) in [7, 11) is -1.99. The molecule has 0 spiro atoms. The zero-order chi connectivity index (χ0) is 20.0. The fourth-order valence-corrected chi connectivity index (χ4v) is 4.32. The molecule has 1 aromatic carbocycles. The number of carbonyl (C=O) groups is 1. The number of amides is 1. The minimum atomic E-state index is -3.54. The van der Waals surface area contributed by atoms with Crippen LogP contribution in [0.2, 0.25) is 0 Å². The van der Waals surface area contributed by atoms with Gasteiger partial charge in [0.05, 0.1) is 11.0 Å². The van der Waals surface area contributed by atoms with Crippen LogP contribution in [0.1, 0.15) is 43.5 Å². The molecule has 9 heteroatoms. The Balaban J connectivity index is 0.00000392. The lowest BCUT2D eigenvalue weighted by atomic mass is 10.1. The Bertz CT molecular complexity index is 717. The topological polar surface area (TPSA) is 92.9 Å². The summed E-state index contributed by atoms with van der Waals surface area (Å²) in [6.07, 6.45) is 2.64. The van der Waals surface area contributed by atoms with Gasteiger partial charge in [0, 0.05) is 38.3 Å². The lowest BCUT2D eigenvalue weighted by Crippen LogP contribution is -2.41. The van der Waals surface area contributed by atoms with Crippen LogP contribution in [-0.4, -0.2) is 69.0 Å². The van der Waals surface area contributed by atoms with Crippen LogP contribution in [0.3, 0.4) is 0 Å². The van der Waals surface area contributed by atoms with Gasteiger partial charge in [0.1, 0.15) is 0 Å². The van der Waals surface area contributed by atoms with Crippen LogP contribution in [0.4, 0.5) is 0 Å². The molecule has 1 aliphatic heterocycles. The van der Waals surface area contributed by atoms with Crippen LogP contribution in [-0.2, 0) is 14.8 Å². The van der Waals surface area contributed by atoms with E-state index in [0.717, 1.165) is 19.3 Å². The second-order valence-corrected chi connectivity index (χ2v) is 9.14. The van der Waals surface area contributed by atoms with Gasteiger partial charge in [-0.1, -0.05) is 0 Å². The Morgan fingerprint density at radius 3 is 2.32 bits per heavy atom. The van der Waals surface area contributed by atoms with Gasteiger partial charge in [-0.25, -0.2) is 8.42 Å². The highest BCUT2D eigenvalue weighted by Gasteiger charge is 2.26. The predicted octanol–water partition coefficient (Wildman–Crippen LogP) is 2.11. The van der Waals surface area contributed by atoms with Crippen LogP contribution >= 0.6 is 12.4 Å². The van der Waals surface area contributed by atoms with Gasteiger partial charge in [0.25, 0.3) is 5.91 Å². The van der Waals surface area contributed by atoms with Gasteiger partial charge >= 0.3 is 0 Å². The number of nitrogens with two attached hydrogens (primary N) is 1. The van der Waals surface area contributed by atoms with Crippen molar-refractivity contribution in [1.29, 1.82) is 0 Å². The average Bonchev–Trinajstić information content (AvgIpc) is 2.67. The van der Waals surface area contributed by atoms with Gasteiger partial charge in [-0.05, 0) is 63.9 Å². The van der Waals surface area contributed by atoms with E-state index in [-0.39, 0.29) is 35.4 Å². The molecule has 1 fully saturated rings. The molecule has 0 unspecified atom stereocenters. The molecular weight excluding hydrogens is 402 g/mol. The Morgan fingerprint density at radius 2 is 1.82 bits per heavy atom. The van der Waals surface area contributed by atoms with Crippen molar-refractivity contribution < 1.29 is 17.9 Å². The minimum Gasteiger partial charge on any atom is -0.378 e. The van der Waals surface area contributed by atoms with E-state index in [4.69, 9.17) is 10.5 Å². The SMILES string of the molecule is CC(C)N(C)S(=O)(=O)c1ccc(C(=O)N2CCC(OCCCN)CC2)cc1.Cl. The lowest BCUT2D eigenvalue weighted by Gasteiger charge is -2.32. The Kier molecular flexibility index (Phi) is 9.86. The van der Waals surface area contributed by atoms with Crippen molar-refractivity contribution in [2.45, 2.75) is 50.2 Å². The van der Waals surface area contributed by atoms with Gasteiger partial charge in [-0.2, -0.15) is 4.31 Å². The van der Waals surface area contributed by atoms with E-state index >= 15 is 0 Å². The molecule has 0 radical (unpaired) electrons. The summed E-state index contributed by atoms with van der Waals surface area (Å²) < 4.78 is 32.1. The number of halogens is 1. The van der Waals surface area contributed by atoms with Gasteiger partial charge < -0.3 is 15.4 Å². The third-order valence-electron chi connectivity index (χ3n) is 4.94. The number of likely N-dealkylation sites (tertiary alicyclic amines) is 1. The summed E-state index contributed by atoms with van der Waals surface area (Å²) in [6.45, 7) is 6.20. The summed E-state index contributed by atoms with van der Waals surface area (Å²) in [5, 5.41) is 0. The number of piperidine rings is 1. The van der Waals surface area contributed by atoms with E-state index in [0.29, 0.717) is 31.8 Å².